The number of aliphatic hydroxyl groups is 1. The Bertz CT molecular complexity index is 1080. The summed E-state index contributed by atoms with van der Waals surface area (Å²) in [6.07, 6.45) is 6.06. The van der Waals surface area contributed by atoms with Crippen molar-refractivity contribution < 1.29 is 14.7 Å². The molecule has 1 saturated heterocycles. The van der Waals surface area contributed by atoms with E-state index >= 15 is 0 Å². The van der Waals surface area contributed by atoms with Crippen molar-refractivity contribution in [1.82, 2.24) is 14.8 Å². The van der Waals surface area contributed by atoms with E-state index in [1.165, 1.54) is 11.1 Å². The Kier molecular flexibility index (Phi) is 7.65. The number of pyridine rings is 1. The van der Waals surface area contributed by atoms with Gasteiger partial charge in [-0.15, -0.1) is 0 Å². The number of likely N-dealkylation sites (tertiary alicyclic amines) is 1. The summed E-state index contributed by atoms with van der Waals surface area (Å²) in [7, 11) is 0. The van der Waals surface area contributed by atoms with Gasteiger partial charge in [-0.05, 0) is 61.8 Å². The number of hydrogen-bond donors (Lipinski definition) is 3. The first-order chi connectivity index (χ1) is 17.5. The second-order valence-electron chi connectivity index (χ2n) is 10.6. The second kappa shape index (κ2) is 11.1. The van der Waals surface area contributed by atoms with Gasteiger partial charge in [-0.2, -0.15) is 0 Å². The predicted octanol–water partition coefficient (Wildman–Crippen LogP) is 2.21. The van der Waals surface area contributed by atoms with E-state index in [9.17, 15) is 14.7 Å². The average molecular weight is 492 g/mol. The average Bonchev–Trinajstić information content (AvgIpc) is 3.71. The smallest absolute Gasteiger partial charge is 0.225 e. The van der Waals surface area contributed by atoms with E-state index in [4.69, 9.17) is 5.73 Å². The number of benzene rings is 1. The Morgan fingerprint density at radius 2 is 1.92 bits per heavy atom. The predicted molar refractivity (Wildman–Crippen MR) is 139 cm³/mol. The standard InChI is InChI=1S/C28H37N5O3/c29-25(7-3-6-24(34)18-32-13-11-19-4-1-2-5-21(19)15-32)27(35)26-14-22(10-12-30-26)31-23-16-33(17-23)28(36)20-8-9-20/h1-2,4-5,10,12,14,20,23-25,34H,3,6-9,11,13,15-18,29H2,(H,30,31)/t24-,25?/m0/s1. The van der Waals surface area contributed by atoms with Crippen molar-refractivity contribution in [1.29, 1.82) is 0 Å². The van der Waals surface area contributed by atoms with Crippen LogP contribution in [0.3, 0.4) is 0 Å². The van der Waals surface area contributed by atoms with Crippen LogP contribution in [-0.4, -0.2) is 75.9 Å². The summed E-state index contributed by atoms with van der Waals surface area (Å²) in [4.78, 5) is 33.4. The monoisotopic (exact) mass is 491 g/mol. The lowest BCUT2D eigenvalue weighted by atomic mass is 9.98. The highest BCUT2D eigenvalue weighted by Crippen LogP contribution is 2.32. The third-order valence-electron chi connectivity index (χ3n) is 7.57. The van der Waals surface area contributed by atoms with Crippen LogP contribution in [0.4, 0.5) is 5.69 Å². The number of ketones is 1. The normalized spacial score (nSPS) is 19.8. The molecule has 4 N–H and O–H groups in total. The molecule has 0 radical (unpaired) electrons. The first-order valence-electron chi connectivity index (χ1n) is 13.2. The fourth-order valence-corrected chi connectivity index (χ4v) is 5.22. The van der Waals surface area contributed by atoms with Crippen LogP contribution in [0.2, 0.25) is 0 Å². The molecule has 1 saturated carbocycles. The molecule has 2 aromatic rings. The van der Waals surface area contributed by atoms with Crippen LogP contribution in [0.5, 0.6) is 0 Å². The number of carbonyl (C=O) groups is 2. The molecule has 1 aromatic carbocycles. The molecule has 2 atom stereocenters. The SMILES string of the molecule is NC(CCC[C@H](O)CN1CCc2ccccc2C1)C(=O)c1cc(NC2CN(C(=O)C3CC3)C2)ccn1. The van der Waals surface area contributed by atoms with Gasteiger partial charge in [0, 0.05) is 50.5 Å². The molecule has 1 aromatic heterocycles. The van der Waals surface area contributed by atoms with Gasteiger partial charge in [0.2, 0.25) is 5.91 Å². The summed E-state index contributed by atoms with van der Waals surface area (Å²) in [6, 6.07) is 11.6. The van der Waals surface area contributed by atoms with E-state index in [0.29, 0.717) is 44.6 Å². The molecule has 2 aliphatic heterocycles. The number of nitrogens with one attached hydrogen (secondary N) is 1. The van der Waals surface area contributed by atoms with E-state index in [2.05, 4.69) is 39.5 Å². The zero-order chi connectivity index (χ0) is 25.1. The van der Waals surface area contributed by atoms with E-state index < -0.39 is 12.1 Å². The quantitative estimate of drug-likeness (QED) is 0.413. The van der Waals surface area contributed by atoms with Gasteiger partial charge in [0.25, 0.3) is 0 Å². The van der Waals surface area contributed by atoms with Gasteiger partial charge in [-0.25, -0.2) is 0 Å². The zero-order valence-electron chi connectivity index (χ0n) is 20.8. The summed E-state index contributed by atoms with van der Waals surface area (Å²) in [5.74, 6) is 0.344. The number of fused-ring (bicyclic) bond motifs is 1. The summed E-state index contributed by atoms with van der Waals surface area (Å²) in [5.41, 5.74) is 10.1. The fraction of sp³-hybridized carbons (Fsp3) is 0.536. The first kappa shape index (κ1) is 24.9. The van der Waals surface area contributed by atoms with Crippen LogP contribution in [0.1, 0.15) is 53.7 Å². The molecule has 1 amide bonds. The number of amides is 1. The molecule has 192 valence electrons. The number of aliphatic hydroxyl groups excluding tert-OH is 1. The van der Waals surface area contributed by atoms with Gasteiger partial charge in [-0.1, -0.05) is 24.3 Å². The minimum Gasteiger partial charge on any atom is -0.392 e. The molecule has 0 spiro atoms. The van der Waals surface area contributed by atoms with Crippen molar-refractivity contribution in [2.24, 2.45) is 11.7 Å². The number of β-amino-alcohol motifs (C(OH)–C–C–N with tert-alkyl or cyclic N) is 1. The Balaban J connectivity index is 1.03. The largest absolute Gasteiger partial charge is 0.392 e. The minimum atomic E-state index is -0.642. The summed E-state index contributed by atoms with van der Waals surface area (Å²) < 4.78 is 0. The van der Waals surface area contributed by atoms with Crippen molar-refractivity contribution >= 4 is 17.4 Å². The molecule has 8 heteroatoms. The minimum absolute atomic E-state index is 0.181. The van der Waals surface area contributed by atoms with Crippen LogP contribution >= 0.6 is 0 Å². The van der Waals surface area contributed by atoms with Crippen LogP contribution in [0.15, 0.2) is 42.6 Å². The number of hydrogen-bond acceptors (Lipinski definition) is 7. The summed E-state index contributed by atoms with van der Waals surface area (Å²) >= 11 is 0. The molecule has 2 fully saturated rings. The molecular formula is C28H37N5O3. The van der Waals surface area contributed by atoms with Gasteiger partial charge in [0.1, 0.15) is 5.69 Å². The van der Waals surface area contributed by atoms with Gasteiger partial charge >= 0.3 is 0 Å². The highest BCUT2D eigenvalue weighted by Gasteiger charge is 2.39. The second-order valence-corrected chi connectivity index (χ2v) is 10.6. The van der Waals surface area contributed by atoms with Gasteiger partial charge in [0.05, 0.1) is 18.2 Å². The van der Waals surface area contributed by atoms with Crippen molar-refractivity contribution in [3.05, 3.63) is 59.4 Å². The van der Waals surface area contributed by atoms with Crippen LogP contribution in [0.25, 0.3) is 0 Å². The lowest BCUT2D eigenvalue weighted by molar-refractivity contribution is -0.136. The fourth-order valence-electron chi connectivity index (χ4n) is 5.22. The summed E-state index contributed by atoms with van der Waals surface area (Å²) in [5, 5.41) is 13.9. The van der Waals surface area contributed by atoms with E-state index in [1.807, 2.05) is 11.0 Å². The van der Waals surface area contributed by atoms with Crippen molar-refractivity contribution in [3.63, 3.8) is 0 Å². The molecular weight excluding hydrogens is 454 g/mol. The first-order valence-corrected chi connectivity index (χ1v) is 13.2. The molecule has 3 heterocycles. The van der Waals surface area contributed by atoms with Crippen LogP contribution < -0.4 is 11.1 Å². The Morgan fingerprint density at radius 1 is 1.14 bits per heavy atom. The van der Waals surface area contributed by atoms with Gasteiger partial charge in [0.15, 0.2) is 5.78 Å². The van der Waals surface area contributed by atoms with E-state index in [1.54, 1.807) is 12.3 Å². The van der Waals surface area contributed by atoms with Crippen molar-refractivity contribution in [2.75, 3.05) is 31.5 Å². The lowest BCUT2D eigenvalue weighted by Crippen LogP contribution is -2.57. The zero-order valence-corrected chi connectivity index (χ0v) is 20.8. The Hall–Kier alpha value is -2.81. The molecule has 3 aliphatic rings. The number of aromatic nitrogens is 1. The number of rotatable bonds is 11. The number of anilines is 1. The maximum Gasteiger partial charge on any atom is 0.225 e. The van der Waals surface area contributed by atoms with E-state index in [0.717, 1.165) is 38.0 Å². The van der Waals surface area contributed by atoms with Crippen LogP contribution in [0, 0.1) is 5.92 Å². The molecule has 1 unspecified atom stereocenters. The number of nitrogens with two attached hydrogens (primary N) is 1. The lowest BCUT2D eigenvalue weighted by Gasteiger charge is -2.40. The number of nitrogens with zero attached hydrogens (tertiary/aromatic N) is 3. The van der Waals surface area contributed by atoms with E-state index in [-0.39, 0.29) is 23.7 Å². The van der Waals surface area contributed by atoms with Gasteiger partial charge < -0.3 is 21.1 Å². The van der Waals surface area contributed by atoms with Crippen molar-refractivity contribution in [2.45, 2.75) is 63.3 Å². The molecule has 8 nitrogen and oxygen atoms in total. The number of carbonyl (C=O) groups excluding carboxylic acids is 2. The molecule has 0 bridgehead atoms. The maximum absolute atomic E-state index is 12.9. The molecule has 5 rings (SSSR count). The van der Waals surface area contributed by atoms with Gasteiger partial charge in [-0.3, -0.25) is 19.5 Å². The van der Waals surface area contributed by atoms with Crippen molar-refractivity contribution in [3.8, 4) is 0 Å². The molecule has 1 aliphatic carbocycles. The maximum atomic E-state index is 12.9. The Labute approximate surface area is 212 Å². The third kappa shape index (κ3) is 6.11. The van der Waals surface area contributed by atoms with Crippen LogP contribution in [-0.2, 0) is 17.8 Å². The summed E-state index contributed by atoms with van der Waals surface area (Å²) in [6.45, 7) is 3.87. The Morgan fingerprint density at radius 3 is 2.69 bits per heavy atom. The molecule has 36 heavy (non-hydrogen) atoms. The number of Topliss-reactive ketones (excluding diaryl/α,β-unsaturated/α-hetero) is 1. The third-order valence-corrected chi connectivity index (χ3v) is 7.57. The topological polar surface area (TPSA) is 112 Å². The highest BCUT2D eigenvalue weighted by atomic mass is 16.3. The highest BCUT2D eigenvalue weighted by molar-refractivity contribution is 5.98.